The van der Waals surface area contributed by atoms with Gasteiger partial charge < -0.3 is 5.73 Å². The second kappa shape index (κ2) is 1.70. The third-order valence-electron chi connectivity index (χ3n) is 5.37. The summed E-state index contributed by atoms with van der Waals surface area (Å²) in [6.45, 7) is 2.72. The molecule has 0 bridgehead atoms. The molecule has 3 saturated carbocycles. The van der Waals surface area contributed by atoms with E-state index < -0.39 is 0 Å². The Labute approximate surface area is 79.5 Å². The van der Waals surface area contributed by atoms with Crippen LogP contribution >= 0.6 is 0 Å². The van der Waals surface area contributed by atoms with Gasteiger partial charge in [0, 0.05) is 16.5 Å². The van der Waals surface area contributed by atoms with E-state index in [4.69, 9.17) is 5.73 Å². The Kier molecular flexibility index (Phi) is 0.947. The highest BCUT2D eigenvalue weighted by Gasteiger charge is 2.96. The van der Waals surface area contributed by atoms with E-state index in [1.165, 1.54) is 51.6 Å². The van der Waals surface area contributed by atoms with Crippen LogP contribution in [0.15, 0.2) is 0 Å². The first-order chi connectivity index (χ1) is 6.23. The number of nitrogens with zero attached hydrogens (tertiary/aromatic N) is 1. The standard InChI is InChI=1S/C11H18N2/c12-10-6-9(10)7-11(9,8-10)13-4-2-1-3-5-13/h1-8,12H2. The zero-order valence-corrected chi connectivity index (χ0v) is 8.18. The molecule has 3 atom stereocenters. The average molecular weight is 178 g/mol. The average Bonchev–Trinajstić information content (AvgIpc) is 2.88. The molecule has 1 spiro atoms. The molecule has 3 unspecified atom stereocenters. The molecule has 13 heavy (non-hydrogen) atoms. The van der Waals surface area contributed by atoms with E-state index in [0.717, 1.165) is 0 Å². The lowest BCUT2D eigenvalue weighted by molar-refractivity contribution is 0.0741. The van der Waals surface area contributed by atoms with Crippen LogP contribution in [0.4, 0.5) is 0 Å². The van der Waals surface area contributed by atoms with Crippen LogP contribution in [0.25, 0.3) is 0 Å². The summed E-state index contributed by atoms with van der Waals surface area (Å²) >= 11 is 0. The minimum absolute atomic E-state index is 0.324. The van der Waals surface area contributed by atoms with Crippen molar-refractivity contribution < 1.29 is 0 Å². The summed E-state index contributed by atoms with van der Waals surface area (Å²) in [7, 11) is 0. The van der Waals surface area contributed by atoms with Crippen LogP contribution in [-0.4, -0.2) is 29.1 Å². The lowest BCUT2D eigenvalue weighted by Gasteiger charge is -2.43. The largest absolute Gasteiger partial charge is 0.324 e. The zero-order valence-electron chi connectivity index (χ0n) is 8.18. The van der Waals surface area contributed by atoms with Crippen molar-refractivity contribution in [3.05, 3.63) is 0 Å². The van der Waals surface area contributed by atoms with Crippen molar-refractivity contribution in [3.8, 4) is 0 Å². The fourth-order valence-electron chi connectivity index (χ4n) is 4.54. The highest BCUT2D eigenvalue weighted by Crippen LogP contribution is 2.91. The molecule has 4 rings (SSSR count). The molecule has 1 saturated heterocycles. The van der Waals surface area contributed by atoms with Crippen LogP contribution in [0, 0.1) is 5.41 Å². The Morgan fingerprint density at radius 3 is 2.15 bits per heavy atom. The molecule has 0 radical (unpaired) electrons. The van der Waals surface area contributed by atoms with E-state index in [0.29, 0.717) is 16.5 Å². The van der Waals surface area contributed by atoms with Gasteiger partial charge in [0.25, 0.3) is 0 Å². The summed E-state index contributed by atoms with van der Waals surface area (Å²) in [6, 6.07) is 0. The molecule has 72 valence electrons. The van der Waals surface area contributed by atoms with Gasteiger partial charge in [0.1, 0.15) is 0 Å². The van der Waals surface area contributed by atoms with E-state index >= 15 is 0 Å². The van der Waals surface area contributed by atoms with Crippen LogP contribution < -0.4 is 5.73 Å². The molecule has 4 aliphatic rings. The van der Waals surface area contributed by atoms with Gasteiger partial charge >= 0.3 is 0 Å². The van der Waals surface area contributed by atoms with Crippen LogP contribution in [-0.2, 0) is 0 Å². The number of hydrogen-bond donors (Lipinski definition) is 1. The van der Waals surface area contributed by atoms with E-state index in [1.807, 2.05) is 0 Å². The fraction of sp³-hybridized carbons (Fsp3) is 1.00. The molecule has 0 aromatic rings. The zero-order chi connectivity index (χ0) is 8.73. The molecule has 2 N–H and O–H groups in total. The van der Waals surface area contributed by atoms with Crippen molar-refractivity contribution in [1.82, 2.24) is 4.90 Å². The van der Waals surface area contributed by atoms with Crippen molar-refractivity contribution in [1.29, 1.82) is 0 Å². The number of hydrogen-bond acceptors (Lipinski definition) is 2. The molecule has 0 aromatic heterocycles. The van der Waals surface area contributed by atoms with Gasteiger partial charge in [0.2, 0.25) is 0 Å². The topological polar surface area (TPSA) is 29.3 Å². The lowest BCUT2D eigenvalue weighted by atomic mass is 9.85. The molecule has 4 fully saturated rings. The lowest BCUT2D eigenvalue weighted by Crippen LogP contribution is -2.54. The monoisotopic (exact) mass is 178 g/mol. The summed E-state index contributed by atoms with van der Waals surface area (Å²) in [5.41, 5.74) is 7.85. The maximum Gasteiger partial charge on any atom is 0.0309 e. The quantitative estimate of drug-likeness (QED) is 0.651. The van der Waals surface area contributed by atoms with Crippen molar-refractivity contribution in [2.45, 2.75) is 49.6 Å². The predicted molar refractivity (Wildman–Crippen MR) is 51.4 cm³/mol. The number of nitrogens with two attached hydrogens (primary N) is 1. The Bertz CT molecular complexity index is 284. The maximum absolute atomic E-state index is 6.24. The van der Waals surface area contributed by atoms with E-state index in [-0.39, 0.29) is 0 Å². The van der Waals surface area contributed by atoms with Gasteiger partial charge in [-0.25, -0.2) is 0 Å². The van der Waals surface area contributed by atoms with Gasteiger partial charge in [-0.05, 0) is 45.2 Å². The second-order valence-corrected chi connectivity index (χ2v) is 5.85. The van der Waals surface area contributed by atoms with Crippen molar-refractivity contribution in [2.24, 2.45) is 11.1 Å². The molecular formula is C11H18N2. The summed E-state index contributed by atoms with van der Waals surface area (Å²) < 4.78 is 0. The molecule has 2 heteroatoms. The number of likely N-dealkylation sites (tertiary alicyclic amines) is 1. The fourth-order valence-corrected chi connectivity index (χ4v) is 4.54. The molecule has 0 amide bonds. The van der Waals surface area contributed by atoms with Gasteiger partial charge in [-0.3, -0.25) is 4.90 Å². The van der Waals surface area contributed by atoms with Crippen molar-refractivity contribution in [3.63, 3.8) is 0 Å². The highest BCUT2D eigenvalue weighted by atomic mass is 15.4. The van der Waals surface area contributed by atoms with Crippen LogP contribution in [0.1, 0.15) is 38.5 Å². The van der Waals surface area contributed by atoms with Gasteiger partial charge in [-0.2, -0.15) is 0 Å². The number of rotatable bonds is 1. The minimum atomic E-state index is 0.324. The SMILES string of the molecule is NC12CC3(N4CCCCC4)CC13C2. The van der Waals surface area contributed by atoms with E-state index in [9.17, 15) is 0 Å². The Morgan fingerprint density at radius 1 is 0.923 bits per heavy atom. The molecular weight excluding hydrogens is 160 g/mol. The number of piperidine rings is 1. The smallest absolute Gasteiger partial charge is 0.0309 e. The van der Waals surface area contributed by atoms with Crippen molar-refractivity contribution >= 4 is 0 Å². The Balaban J connectivity index is 1.58. The summed E-state index contributed by atoms with van der Waals surface area (Å²) in [5, 5.41) is 0. The van der Waals surface area contributed by atoms with Gasteiger partial charge in [-0.1, -0.05) is 6.42 Å². The van der Waals surface area contributed by atoms with E-state index in [1.54, 1.807) is 0 Å². The third kappa shape index (κ3) is 0.556. The Morgan fingerprint density at radius 2 is 1.69 bits per heavy atom. The maximum atomic E-state index is 6.24. The summed E-state index contributed by atoms with van der Waals surface area (Å²) in [5.74, 6) is 0. The van der Waals surface area contributed by atoms with Crippen LogP contribution in [0.3, 0.4) is 0 Å². The van der Waals surface area contributed by atoms with Gasteiger partial charge in [0.05, 0.1) is 0 Å². The molecule has 2 nitrogen and oxygen atoms in total. The van der Waals surface area contributed by atoms with Crippen molar-refractivity contribution in [2.75, 3.05) is 13.1 Å². The van der Waals surface area contributed by atoms with Gasteiger partial charge in [-0.15, -0.1) is 0 Å². The minimum Gasteiger partial charge on any atom is -0.324 e. The Hall–Kier alpha value is -0.0800. The molecule has 1 aliphatic heterocycles. The molecule has 1 heterocycles. The summed E-state index contributed by atoms with van der Waals surface area (Å²) in [6.07, 6.45) is 8.41. The van der Waals surface area contributed by atoms with Crippen LogP contribution in [0.2, 0.25) is 0 Å². The van der Waals surface area contributed by atoms with Crippen LogP contribution in [0.5, 0.6) is 0 Å². The van der Waals surface area contributed by atoms with E-state index in [2.05, 4.69) is 4.90 Å². The first-order valence-electron chi connectivity index (χ1n) is 5.77. The highest BCUT2D eigenvalue weighted by molar-refractivity contribution is 5.52. The first kappa shape index (κ1) is 7.24. The predicted octanol–water partition coefficient (Wildman–Crippen LogP) is 1.11. The molecule has 0 aromatic carbocycles. The van der Waals surface area contributed by atoms with Gasteiger partial charge in [0.15, 0.2) is 0 Å². The summed E-state index contributed by atoms with van der Waals surface area (Å²) in [4.78, 5) is 2.77. The third-order valence-corrected chi connectivity index (χ3v) is 5.37. The second-order valence-electron chi connectivity index (χ2n) is 5.85. The normalized spacial score (nSPS) is 63.5. The first-order valence-corrected chi connectivity index (χ1v) is 5.77. The molecule has 3 aliphatic carbocycles.